The van der Waals surface area contributed by atoms with Crippen LogP contribution >= 0.6 is 11.3 Å². The Morgan fingerprint density at radius 2 is 2.26 bits per heavy atom. The zero-order valence-electron chi connectivity index (χ0n) is 11.2. The number of imidazole rings is 1. The largest absolute Gasteiger partial charge is 0.335 e. The van der Waals surface area contributed by atoms with E-state index < -0.39 is 0 Å². The van der Waals surface area contributed by atoms with Crippen LogP contribution in [-0.2, 0) is 25.8 Å². The molecule has 0 N–H and O–H groups in total. The second kappa shape index (κ2) is 5.29. The second-order valence-electron chi connectivity index (χ2n) is 5.00. The van der Waals surface area contributed by atoms with Gasteiger partial charge in [-0.15, -0.1) is 11.3 Å². The van der Waals surface area contributed by atoms with E-state index >= 15 is 0 Å². The maximum Gasteiger partial charge on any atom is 0.180 e. The second-order valence-corrected chi connectivity index (χ2v) is 6.13. The topological polar surface area (TPSA) is 34.9 Å². The molecule has 0 saturated carbocycles. The quantitative estimate of drug-likeness (QED) is 0.802. The molecule has 0 amide bonds. The van der Waals surface area contributed by atoms with Gasteiger partial charge in [0.05, 0.1) is 11.3 Å². The van der Waals surface area contributed by atoms with Crippen molar-refractivity contribution in [2.24, 2.45) is 0 Å². The van der Waals surface area contributed by atoms with Gasteiger partial charge in [0.1, 0.15) is 5.82 Å². The number of rotatable bonds is 4. The lowest BCUT2D eigenvalue weighted by atomic mass is 9.99. The molecule has 0 bridgehead atoms. The molecule has 0 spiro atoms. The Labute approximate surface area is 117 Å². The highest BCUT2D eigenvalue weighted by molar-refractivity contribution is 7.14. The molecular weight excluding hydrogens is 256 g/mol. The van der Waals surface area contributed by atoms with Crippen LogP contribution in [0.25, 0.3) is 0 Å². The summed E-state index contributed by atoms with van der Waals surface area (Å²) >= 11 is 1.69. The average molecular weight is 274 g/mol. The van der Waals surface area contributed by atoms with Crippen LogP contribution in [-0.4, -0.2) is 15.3 Å². The van der Waals surface area contributed by atoms with E-state index in [1.807, 2.05) is 10.8 Å². The summed E-state index contributed by atoms with van der Waals surface area (Å²) < 4.78 is 2.03. The summed E-state index contributed by atoms with van der Waals surface area (Å²) in [5, 5.41) is 0. The van der Waals surface area contributed by atoms with Gasteiger partial charge in [-0.1, -0.05) is 0 Å². The Kier molecular flexibility index (Phi) is 3.51. The van der Waals surface area contributed by atoms with Crippen molar-refractivity contribution in [3.63, 3.8) is 0 Å². The number of carbonyl (C=O) groups is 1. The Balaban J connectivity index is 1.79. The van der Waals surface area contributed by atoms with Gasteiger partial charge in [-0.05, 0) is 44.2 Å². The zero-order chi connectivity index (χ0) is 13.2. The smallest absolute Gasteiger partial charge is 0.180 e. The van der Waals surface area contributed by atoms with Crippen molar-refractivity contribution in [1.82, 2.24) is 9.55 Å². The fourth-order valence-corrected chi connectivity index (χ4v) is 3.85. The molecule has 100 valence electrons. The standard InChI is InChI=1S/C15H18N2OS/c1-2-17-8-7-16-15(17)10-12(18)14-9-11-5-3-4-6-13(11)19-14/h7-9H,2-6,10H2,1H3. The first-order valence-electron chi connectivity index (χ1n) is 6.92. The molecule has 4 heteroatoms. The van der Waals surface area contributed by atoms with Gasteiger partial charge in [0, 0.05) is 23.8 Å². The van der Waals surface area contributed by atoms with E-state index in [-0.39, 0.29) is 5.78 Å². The molecule has 0 aliphatic heterocycles. The maximum atomic E-state index is 12.4. The van der Waals surface area contributed by atoms with Crippen LogP contribution in [0, 0.1) is 0 Å². The third-order valence-electron chi connectivity index (χ3n) is 3.73. The number of thiophene rings is 1. The number of Topliss-reactive ketones (excluding diaryl/α,β-unsaturated/α-hetero) is 1. The van der Waals surface area contributed by atoms with Crippen LogP contribution in [0.2, 0.25) is 0 Å². The molecule has 0 saturated heterocycles. The molecule has 2 heterocycles. The van der Waals surface area contributed by atoms with Crippen LogP contribution in [0.1, 0.15) is 45.7 Å². The number of carbonyl (C=O) groups excluding carboxylic acids is 1. The minimum absolute atomic E-state index is 0.209. The Bertz CT molecular complexity index is 574. The first kappa shape index (κ1) is 12.6. The number of fused-ring (bicyclic) bond motifs is 1. The van der Waals surface area contributed by atoms with E-state index in [4.69, 9.17) is 0 Å². The van der Waals surface area contributed by atoms with Crippen LogP contribution in [0.15, 0.2) is 18.5 Å². The molecule has 0 atom stereocenters. The highest BCUT2D eigenvalue weighted by Crippen LogP contribution is 2.30. The third-order valence-corrected chi connectivity index (χ3v) is 5.01. The van der Waals surface area contributed by atoms with Gasteiger partial charge >= 0.3 is 0 Å². The predicted molar refractivity (Wildman–Crippen MR) is 76.9 cm³/mol. The van der Waals surface area contributed by atoms with Crippen LogP contribution in [0.3, 0.4) is 0 Å². The number of aromatic nitrogens is 2. The summed E-state index contributed by atoms with van der Waals surface area (Å²) in [6, 6.07) is 2.11. The lowest BCUT2D eigenvalue weighted by Crippen LogP contribution is -2.08. The first-order chi connectivity index (χ1) is 9.28. The molecule has 2 aromatic heterocycles. The van der Waals surface area contributed by atoms with Gasteiger partial charge in [0.15, 0.2) is 5.78 Å². The Hall–Kier alpha value is -1.42. The van der Waals surface area contributed by atoms with E-state index in [0.29, 0.717) is 6.42 Å². The van der Waals surface area contributed by atoms with Crippen molar-refractivity contribution in [2.75, 3.05) is 0 Å². The minimum atomic E-state index is 0.209. The molecule has 0 radical (unpaired) electrons. The number of ketones is 1. The maximum absolute atomic E-state index is 12.4. The molecule has 1 aliphatic rings. The molecule has 0 unspecified atom stereocenters. The molecule has 3 nitrogen and oxygen atoms in total. The van der Waals surface area contributed by atoms with E-state index in [1.54, 1.807) is 17.5 Å². The number of hydrogen-bond acceptors (Lipinski definition) is 3. The molecule has 0 fully saturated rings. The van der Waals surface area contributed by atoms with Crippen molar-refractivity contribution < 1.29 is 4.79 Å². The van der Waals surface area contributed by atoms with E-state index in [9.17, 15) is 4.79 Å². The molecule has 1 aliphatic carbocycles. The summed E-state index contributed by atoms with van der Waals surface area (Å²) in [6.45, 7) is 2.93. The van der Waals surface area contributed by atoms with Gasteiger partial charge < -0.3 is 4.57 Å². The van der Waals surface area contributed by atoms with Crippen molar-refractivity contribution in [1.29, 1.82) is 0 Å². The Morgan fingerprint density at radius 1 is 1.42 bits per heavy atom. The molecular formula is C15H18N2OS. The van der Waals surface area contributed by atoms with Gasteiger partial charge in [0.2, 0.25) is 0 Å². The van der Waals surface area contributed by atoms with Crippen molar-refractivity contribution >= 4 is 17.1 Å². The minimum Gasteiger partial charge on any atom is -0.335 e. The monoisotopic (exact) mass is 274 g/mol. The molecule has 0 aromatic carbocycles. The molecule has 3 rings (SSSR count). The molecule has 2 aromatic rings. The summed E-state index contributed by atoms with van der Waals surface area (Å²) in [6.07, 6.45) is 8.94. The van der Waals surface area contributed by atoms with Gasteiger partial charge in [-0.3, -0.25) is 4.79 Å². The Morgan fingerprint density at radius 3 is 3.05 bits per heavy atom. The van der Waals surface area contributed by atoms with Crippen molar-refractivity contribution in [3.8, 4) is 0 Å². The lowest BCUT2D eigenvalue weighted by Gasteiger charge is -2.08. The zero-order valence-corrected chi connectivity index (χ0v) is 12.0. The van der Waals surface area contributed by atoms with Crippen molar-refractivity contribution in [2.45, 2.75) is 45.6 Å². The van der Waals surface area contributed by atoms with Gasteiger partial charge in [-0.2, -0.15) is 0 Å². The molecule has 19 heavy (non-hydrogen) atoms. The summed E-state index contributed by atoms with van der Waals surface area (Å²) in [5.74, 6) is 1.08. The number of aryl methyl sites for hydroxylation is 3. The van der Waals surface area contributed by atoms with Crippen LogP contribution in [0.4, 0.5) is 0 Å². The fraction of sp³-hybridized carbons (Fsp3) is 0.467. The first-order valence-corrected chi connectivity index (χ1v) is 7.74. The number of hydrogen-bond donors (Lipinski definition) is 0. The van der Waals surface area contributed by atoms with E-state index in [1.165, 1.54) is 23.3 Å². The van der Waals surface area contributed by atoms with E-state index in [2.05, 4.69) is 18.0 Å². The fourth-order valence-electron chi connectivity index (χ4n) is 2.65. The van der Waals surface area contributed by atoms with Gasteiger partial charge in [-0.25, -0.2) is 4.98 Å². The summed E-state index contributed by atoms with van der Waals surface area (Å²) in [7, 11) is 0. The number of nitrogens with zero attached hydrogens (tertiary/aromatic N) is 2. The van der Waals surface area contributed by atoms with Crippen molar-refractivity contribution in [3.05, 3.63) is 39.6 Å². The highest BCUT2D eigenvalue weighted by atomic mass is 32.1. The van der Waals surface area contributed by atoms with Crippen LogP contribution < -0.4 is 0 Å². The normalized spacial score (nSPS) is 14.4. The average Bonchev–Trinajstić information content (AvgIpc) is 3.03. The predicted octanol–water partition coefficient (Wildman–Crippen LogP) is 3.27. The highest BCUT2D eigenvalue weighted by Gasteiger charge is 2.18. The van der Waals surface area contributed by atoms with Crippen LogP contribution in [0.5, 0.6) is 0 Å². The summed E-state index contributed by atoms with van der Waals surface area (Å²) in [5.41, 5.74) is 1.40. The third kappa shape index (κ3) is 2.50. The summed E-state index contributed by atoms with van der Waals surface area (Å²) in [4.78, 5) is 19.0. The van der Waals surface area contributed by atoms with E-state index in [0.717, 1.165) is 30.1 Å². The van der Waals surface area contributed by atoms with Gasteiger partial charge in [0.25, 0.3) is 0 Å². The lowest BCUT2D eigenvalue weighted by molar-refractivity contribution is 0.0993. The SMILES string of the molecule is CCn1ccnc1CC(=O)c1cc2c(s1)CCCC2.